The number of para-hydroxylation sites is 3. The molecular weight excluding hydrogens is 1510 g/mol. The Bertz CT molecular complexity index is 8590. The lowest BCUT2D eigenvalue weighted by Gasteiger charge is -2.20. The first-order valence-corrected chi connectivity index (χ1v) is 42.9. The fraction of sp³-hybridized carbons (Fsp3) is 0. The summed E-state index contributed by atoms with van der Waals surface area (Å²) in [5, 5.41) is 26.8. The van der Waals surface area contributed by atoms with Crippen LogP contribution in [0.5, 0.6) is 0 Å². The number of rotatable bonds is 9. The second-order valence-corrected chi connectivity index (χ2v) is 32.5. The van der Waals surface area contributed by atoms with Crippen LogP contribution in [0.4, 0.5) is 0 Å². The van der Waals surface area contributed by atoms with Crippen LogP contribution in [0.2, 0.25) is 0 Å². The molecule has 3 heteroatoms. The van der Waals surface area contributed by atoms with E-state index in [0.29, 0.717) is 0 Å². The van der Waals surface area contributed by atoms with Gasteiger partial charge in [0.1, 0.15) is 33.5 Å². The molecule has 0 saturated heterocycles. The predicted molar refractivity (Wildman–Crippen MR) is 530 cm³/mol. The van der Waals surface area contributed by atoms with Gasteiger partial charge in [-0.05, 0) is 224 Å². The molecular formula is C122H76O3. The minimum absolute atomic E-state index is 0.904. The summed E-state index contributed by atoms with van der Waals surface area (Å²) in [6, 6.07) is 165. The van der Waals surface area contributed by atoms with Crippen LogP contribution in [-0.2, 0) is 0 Å². The highest BCUT2D eigenvalue weighted by molar-refractivity contribution is 6.27. The second kappa shape index (κ2) is 30.4. The van der Waals surface area contributed by atoms with E-state index < -0.39 is 0 Å². The molecule has 3 heterocycles. The van der Waals surface area contributed by atoms with Gasteiger partial charge in [-0.2, -0.15) is 0 Å². The average molecular weight is 1590 g/mol. The Morgan fingerprint density at radius 1 is 0.112 bits per heavy atom. The number of fused-ring (bicyclic) bond motifs is 17. The monoisotopic (exact) mass is 1590 g/mol. The first-order valence-electron chi connectivity index (χ1n) is 42.9. The topological polar surface area (TPSA) is 39.4 Å². The number of furan rings is 3. The summed E-state index contributed by atoms with van der Waals surface area (Å²) in [5.74, 6) is 0. The third kappa shape index (κ3) is 12.3. The fourth-order valence-electron chi connectivity index (χ4n) is 20.1. The lowest BCUT2D eigenvalue weighted by atomic mass is 9.83. The van der Waals surface area contributed by atoms with Gasteiger partial charge < -0.3 is 13.3 Å². The largest absolute Gasteiger partial charge is 0.456 e. The van der Waals surface area contributed by atoms with Crippen molar-refractivity contribution in [2.45, 2.75) is 0 Å². The van der Waals surface area contributed by atoms with Gasteiger partial charge >= 0.3 is 0 Å². The Kier molecular flexibility index (Phi) is 17.6. The molecule has 0 amide bonds. The van der Waals surface area contributed by atoms with Crippen molar-refractivity contribution in [1.29, 1.82) is 0 Å². The molecule has 0 aliphatic heterocycles. The fourth-order valence-corrected chi connectivity index (χ4v) is 20.1. The van der Waals surface area contributed by atoms with E-state index in [1.165, 1.54) is 175 Å². The third-order valence-electron chi connectivity index (χ3n) is 25.6. The van der Waals surface area contributed by atoms with E-state index in [1.54, 1.807) is 0 Å². The van der Waals surface area contributed by atoms with Gasteiger partial charge in [0.05, 0.1) is 0 Å². The van der Waals surface area contributed by atoms with Gasteiger partial charge in [0, 0.05) is 43.4 Å². The number of benzene rings is 23. The van der Waals surface area contributed by atoms with Gasteiger partial charge in [-0.3, -0.25) is 0 Å². The summed E-state index contributed by atoms with van der Waals surface area (Å²) in [4.78, 5) is 0. The van der Waals surface area contributed by atoms with Crippen molar-refractivity contribution in [2.24, 2.45) is 0 Å². The second-order valence-electron chi connectivity index (χ2n) is 32.5. The normalized spacial score (nSPS) is 11.7. The standard InChI is InChI=1S/2C42H26O.C38H24O/c1-2-13-28(14-3-1)40-32-17-6-8-19-34(32)41(35-20-9-7-18-33(35)40)29-24-25-39-38(26-29)37-23-11-22-36(42(37)43-39)31-21-10-15-27-12-4-5-16-30(27)31;1-2-14-28(15-3-1)40-33-19-6-8-21-35(33)41(36-22-9-7-20-34(36)40)29-25-37(31-23-12-16-27-13-4-5-17-30(27)31)42-38(26-29)32-18-10-11-24-39(32)43-42;1-3-13-25(14-4-1)32-24-36-33(27-17-11-12-22-35(27)39-36)23-34(32)38-30-20-9-7-18-28(30)37(26-15-5-2-6-16-26)29-19-8-10-21-31(29)38/h2*1-26H;1-24H. The van der Waals surface area contributed by atoms with Crippen LogP contribution in [0.3, 0.4) is 0 Å². The molecule has 0 fully saturated rings. The van der Waals surface area contributed by atoms with Crippen molar-refractivity contribution >= 4 is 152 Å². The van der Waals surface area contributed by atoms with E-state index in [0.717, 1.165) is 76.9 Å². The highest BCUT2D eigenvalue weighted by Crippen LogP contribution is 2.53. The molecule has 3 aromatic heterocycles. The van der Waals surface area contributed by atoms with Crippen molar-refractivity contribution in [3.63, 3.8) is 0 Å². The SMILES string of the molecule is c1ccc(-c2c3ccccc3c(-c3cc(-c4cccc5ccccc45)c4oc5ccccc5c4c3)c3ccccc23)cc1.c1ccc(-c2c3ccccc3c(-c3ccc4oc5c(-c6cccc7ccccc67)cccc5c4c3)c3ccccc23)cc1.c1ccc(-c2cc3oc4ccccc4c3cc2-c2c3ccccc3c(-c3ccccc3)c3ccccc23)cc1. The summed E-state index contributed by atoms with van der Waals surface area (Å²) < 4.78 is 19.6. The maximum absolute atomic E-state index is 6.63. The van der Waals surface area contributed by atoms with Gasteiger partial charge in [-0.1, -0.05) is 413 Å². The van der Waals surface area contributed by atoms with Crippen LogP contribution in [0.1, 0.15) is 0 Å². The lowest BCUT2D eigenvalue weighted by molar-refractivity contribution is 0.669. The van der Waals surface area contributed by atoms with E-state index in [9.17, 15) is 0 Å². The van der Waals surface area contributed by atoms with Crippen LogP contribution >= 0.6 is 0 Å². The Hall–Kier alpha value is -16.5. The minimum Gasteiger partial charge on any atom is -0.456 e. The molecule has 26 aromatic rings. The quantitative estimate of drug-likeness (QED) is 0.135. The molecule has 26 rings (SSSR count). The number of hydrogen-bond donors (Lipinski definition) is 0. The summed E-state index contributed by atoms with van der Waals surface area (Å²) in [6.07, 6.45) is 0. The first kappa shape index (κ1) is 72.5. The van der Waals surface area contributed by atoms with Gasteiger partial charge in [0.2, 0.25) is 0 Å². The summed E-state index contributed by atoms with van der Waals surface area (Å²) in [6.45, 7) is 0. The van der Waals surface area contributed by atoms with Gasteiger partial charge in [-0.25, -0.2) is 0 Å². The Morgan fingerprint density at radius 2 is 0.408 bits per heavy atom. The Balaban J connectivity index is 0.000000105. The zero-order chi connectivity index (χ0) is 82.4. The maximum Gasteiger partial charge on any atom is 0.143 e. The Labute approximate surface area is 721 Å². The Morgan fingerprint density at radius 3 is 0.864 bits per heavy atom. The smallest absolute Gasteiger partial charge is 0.143 e. The van der Waals surface area contributed by atoms with Crippen LogP contribution < -0.4 is 0 Å². The molecule has 0 radical (unpaired) electrons. The van der Waals surface area contributed by atoms with Crippen LogP contribution in [0, 0.1) is 0 Å². The van der Waals surface area contributed by atoms with E-state index in [2.05, 4.69) is 449 Å². The average Bonchev–Trinajstić information content (AvgIpc) is 1.43. The van der Waals surface area contributed by atoms with Gasteiger partial charge in [-0.15, -0.1) is 0 Å². The summed E-state index contributed by atoms with van der Waals surface area (Å²) in [7, 11) is 0. The number of hydrogen-bond acceptors (Lipinski definition) is 3. The molecule has 0 spiro atoms. The molecule has 0 unspecified atom stereocenters. The van der Waals surface area contributed by atoms with Crippen LogP contribution in [0.25, 0.3) is 252 Å². The molecule has 125 heavy (non-hydrogen) atoms. The van der Waals surface area contributed by atoms with Crippen LogP contribution in [0.15, 0.2) is 474 Å². The highest BCUT2D eigenvalue weighted by atomic mass is 16.3. The van der Waals surface area contributed by atoms with Crippen LogP contribution in [-0.4, -0.2) is 0 Å². The summed E-state index contributed by atoms with van der Waals surface area (Å²) >= 11 is 0. The molecule has 0 aliphatic carbocycles. The molecule has 0 atom stereocenters. The van der Waals surface area contributed by atoms with E-state index >= 15 is 0 Å². The van der Waals surface area contributed by atoms with E-state index in [-0.39, 0.29) is 0 Å². The van der Waals surface area contributed by atoms with Crippen molar-refractivity contribution < 1.29 is 13.3 Å². The first-order chi connectivity index (χ1) is 62.1. The molecule has 23 aromatic carbocycles. The van der Waals surface area contributed by atoms with Gasteiger partial charge in [0.15, 0.2) is 0 Å². The van der Waals surface area contributed by atoms with Crippen molar-refractivity contribution in [3.05, 3.63) is 461 Å². The minimum atomic E-state index is 0.904. The van der Waals surface area contributed by atoms with Crippen molar-refractivity contribution in [2.75, 3.05) is 0 Å². The summed E-state index contributed by atoms with van der Waals surface area (Å²) in [5.41, 5.74) is 27.3. The molecule has 3 nitrogen and oxygen atoms in total. The molecule has 0 aliphatic rings. The zero-order valence-electron chi connectivity index (χ0n) is 68.1. The van der Waals surface area contributed by atoms with Gasteiger partial charge in [0.25, 0.3) is 0 Å². The van der Waals surface area contributed by atoms with E-state index in [1.807, 2.05) is 12.1 Å². The lowest BCUT2D eigenvalue weighted by Crippen LogP contribution is -1.93. The maximum atomic E-state index is 6.63. The van der Waals surface area contributed by atoms with Crippen molar-refractivity contribution in [1.82, 2.24) is 0 Å². The van der Waals surface area contributed by atoms with Crippen molar-refractivity contribution in [3.8, 4) is 100 Å². The molecule has 0 saturated carbocycles. The highest BCUT2D eigenvalue weighted by Gasteiger charge is 2.26. The van der Waals surface area contributed by atoms with E-state index in [4.69, 9.17) is 13.3 Å². The molecule has 0 N–H and O–H groups in total. The molecule has 582 valence electrons. The molecule has 0 bridgehead atoms. The third-order valence-corrected chi connectivity index (χ3v) is 25.6. The predicted octanol–water partition coefficient (Wildman–Crippen LogP) is 35.0. The zero-order valence-corrected chi connectivity index (χ0v) is 68.1.